The molecule has 2 rings (SSSR count). The molecule has 164 valence electrons. The fourth-order valence-electron chi connectivity index (χ4n) is 2.41. The van der Waals surface area contributed by atoms with E-state index in [4.69, 9.17) is 4.74 Å². The number of anilines is 1. The van der Waals surface area contributed by atoms with Gasteiger partial charge in [0.25, 0.3) is 15.9 Å². The van der Waals surface area contributed by atoms with Gasteiger partial charge >= 0.3 is 6.36 Å². The number of hydrogen-bond donors (Lipinski definition) is 2. The number of hydrogen-bond acceptors (Lipinski definition) is 5. The number of carbonyl (C=O) groups is 1. The van der Waals surface area contributed by atoms with Gasteiger partial charge < -0.3 is 14.8 Å². The van der Waals surface area contributed by atoms with E-state index in [1.807, 2.05) is 6.92 Å². The van der Waals surface area contributed by atoms with Crippen molar-refractivity contribution in [2.24, 2.45) is 0 Å². The second-order valence-electron chi connectivity index (χ2n) is 5.98. The predicted octanol–water partition coefficient (Wildman–Crippen LogP) is 3.54. The number of amides is 1. The van der Waals surface area contributed by atoms with E-state index in [-0.39, 0.29) is 16.1 Å². The highest BCUT2D eigenvalue weighted by molar-refractivity contribution is 7.92. The second-order valence-corrected chi connectivity index (χ2v) is 7.66. The minimum absolute atomic E-state index is 0.0374. The second kappa shape index (κ2) is 10.3. The highest BCUT2D eigenvalue weighted by Gasteiger charge is 2.31. The first kappa shape index (κ1) is 23.5. The van der Waals surface area contributed by atoms with E-state index >= 15 is 0 Å². The van der Waals surface area contributed by atoms with E-state index in [2.05, 4.69) is 14.8 Å². The minimum atomic E-state index is -4.88. The summed E-state index contributed by atoms with van der Waals surface area (Å²) in [5.41, 5.74) is 0.143. The van der Waals surface area contributed by atoms with Crippen molar-refractivity contribution in [1.82, 2.24) is 5.32 Å². The Hall–Kier alpha value is -2.79. The monoisotopic (exact) mass is 446 g/mol. The third-order valence-electron chi connectivity index (χ3n) is 3.74. The molecule has 11 heteroatoms. The van der Waals surface area contributed by atoms with Crippen LogP contribution in [0, 0.1) is 0 Å². The number of benzene rings is 2. The van der Waals surface area contributed by atoms with Gasteiger partial charge in [0.1, 0.15) is 5.75 Å². The van der Waals surface area contributed by atoms with Crippen LogP contribution in [0.15, 0.2) is 53.4 Å². The van der Waals surface area contributed by atoms with Crippen molar-refractivity contribution < 1.29 is 35.9 Å². The average molecular weight is 446 g/mol. The first-order valence-corrected chi connectivity index (χ1v) is 10.4. The van der Waals surface area contributed by atoms with Crippen LogP contribution in [0.25, 0.3) is 0 Å². The summed E-state index contributed by atoms with van der Waals surface area (Å²) in [6.45, 7) is 3.26. The lowest BCUT2D eigenvalue weighted by molar-refractivity contribution is -0.274. The van der Waals surface area contributed by atoms with Crippen LogP contribution in [-0.4, -0.2) is 40.4 Å². The molecule has 0 aliphatic rings. The molecule has 2 N–H and O–H groups in total. The molecular weight excluding hydrogens is 425 g/mol. The molecule has 1 amide bonds. The van der Waals surface area contributed by atoms with Gasteiger partial charge in [-0.2, -0.15) is 0 Å². The SMILES string of the molecule is CCOCCCNC(=O)c1ccccc1NS(=O)(=O)c1ccc(OC(F)(F)F)cc1. The number of sulfonamides is 1. The van der Waals surface area contributed by atoms with Crippen LogP contribution in [0.1, 0.15) is 23.7 Å². The summed E-state index contributed by atoms with van der Waals surface area (Å²) in [6, 6.07) is 9.71. The highest BCUT2D eigenvalue weighted by atomic mass is 32.2. The van der Waals surface area contributed by atoms with Crippen LogP contribution in [0.4, 0.5) is 18.9 Å². The molecule has 0 unspecified atom stereocenters. The summed E-state index contributed by atoms with van der Waals surface area (Å²) in [6.07, 6.45) is -4.28. The van der Waals surface area contributed by atoms with Crippen molar-refractivity contribution in [2.75, 3.05) is 24.5 Å². The number of nitrogens with one attached hydrogen (secondary N) is 2. The quantitative estimate of drug-likeness (QED) is 0.545. The molecule has 0 saturated heterocycles. The Morgan fingerprint density at radius 3 is 2.37 bits per heavy atom. The topological polar surface area (TPSA) is 93.7 Å². The van der Waals surface area contributed by atoms with E-state index in [9.17, 15) is 26.4 Å². The van der Waals surface area contributed by atoms with Crippen molar-refractivity contribution in [3.8, 4) is 5.75 Å². The predicted molar refractivity (Wildman–Crippen MR) is 104 cm³/mol. The molecule has 0 aliphatic carbocycles. The Morgan fingerprint density at radius 2 is 1.73 bits per heavy atom. The largest absolute Gasteiger partial charge is 0.573 e. The summed E-state index contributed by atoms with van der Waals surface area (Å²) in [5, 5.41) is 2.68. The average Bonchev–Trinajstić information content (AvgIpc) is 2.67. The van der Waals surface area contributed by atoms with Crippen LogP contribution >= 0.6 is 0 Å². The van der Waals surface area contributed by atoms with E-state index in [1.165, 1.54) is 12.1 Å². The third kappa shape index (κ3) is 7.23. The fraction of sp³-hybridized carbons (Fsp3) is 0.316. The van der Waals surface area contributed by atoms with E-state index in [0.29, 0.717) is 26.2 Å². The summed E-state index contributed by atoms with van der Waals surface area (Å²) in [5.74, 6) is -1.02. The Labute approximate surface area is 172 Å². The normalized spacial score (nSPS) is 11.7. The number of para-hydroxylation sites is 1. The lowest BCUT2D eigenvalue weighted by Gasteiger charge is -2.13. The number of rotatable bonds is 10. The number of alkyl halides is 3. The summed E-state index contributed by atoms with van der Waals surface area (Å²) in [7, 11) is -4.15. The van der Waals surface area contributed by atoms with Gasteiger partial charge in [-0.05, 0) is 49.7 Å². The first-order valence-electron chi connectivity index (χ1n) is 8.96. The summed E-state index contributed by atoms with van der Waals surface area (Å²) >= 11 is 0. The zero-order valence-corrected chi connectivity index (χ0v) is 16.8. The Balaban J connectivity index is 2.10. The zero-order valence-electron chi connectivity index (χ0n) is 16.0. The van der Waals surface area contributed by atoms with Gasteiger partial charge in [-0.1, -0.05) is 12.1 Å². The molecule has 0 aromatic heterocycles. The maximum absolute atomic E-state index is 12.6. The standard InChI is InChI=1S/C19H21F3N2O5S/c1-2-28-13-5-12-23-18(25)16-6-3-4-7-17(16)24-30(26,27)15-10-8-14(9-11-15)29-19(20,21)22/h3-4,6-11,24H,2,5,12-13H2,1H3,(H,23,25). The molecule has 7 nitrogen and oxygen atoms in total. The van der Waals surface area contributed by atoms with E-state index in [1.54, 1.807) is 12.1 Å². The molecule has 2 aromatic carbocycles. The van der Waals surface area contributed by atoms with Gasteiger partial charge in [-0.3, -0.25) is 9.52 Å². The van der Waals surface area contributed by atoms with Gasteiger partial charge in [0, 0.05) is 19.8 Å². The molecule has 0 radical (unpaired) electrons. The first-order chi connectivity index (χ1) is 14.1. The van der Waals surface area contributed by atoms with Crippen molar-refractivity contribution in [2.45, 2.75) is 24.6 Å². The van der Waals surface area contributed by atoms with Crippen molar-refractivity contribution in [3.05, 3.63) is 54.1 Å². The van der Waals surface area contributed by atoms with Gasteiger partial charge in [0.15, 0.2) is 0 Å². The molecule has 0 heterocycles. The maximum atomic E-state index is 12.6. The maximum Gasteiger partial charge on any atom is 0.573 e. The number of carbonyl (C=O) groups excluding carboxylic acids is 1. The van der Waals surface area contributed by atoms with Gasteiger partial charge in [0.2, 0.25) is 0 Å². The van der Waals surface area contributed by atoms with Crippen LogP contribution in [0.3, 0.4) is 0 Å². The van der Waals surface area contributed by atoms with Crippen molar-refractivity contribution >= 4 is 21.6 Å². The van der Waals surface area contributed by atoms with E-state index < -0.39 is 28.0 Å². The summed E-state index contributed by atoms with van der Waals surface area (Å²) in [4.78, 5) is 12.1. The molecule has 0 fully saturated rings. The van der Waals surface area contributed by atoms with Crippen molar-refractivity contribution in [3.63, 3.8) is 0 Å². The molecule has 0 aliphatic heterocycles. The lowest BCUT2D eigenvalue weighted by atomic mass is 10.1. The molecular formula is C19H21F3N2O5S. The molecule has 0 saturated carbocycles. The Morgan fingerprint density at radius 1 is 1.07 bits per heavy atom. The highest BCUT2D eigenvalue weighted by Crippen LogP contribution is 2.25. The van der Waals surface area contributed by atoms with Gasteiger partial charge in [-0.25, -0.2) is 8.42 Å². The van der Waals surface area contributed by atoms with Gasteiger partial charge in [-0.15, -0.1) is 13.2 Å². The molecule has 2 aromatic rings. The van der Waals surface area contributed by atoms with Crippen LogP contribution in [-0.2, 0) is 14.8 Å². The lowest BCUT2D eigenvalue weighted by Crippen LogP contribution is -2.27. The van der Waals surface area contributed by atoms with Crippen LogP contribution in [0.2, 0.25) is 0 Å². The molecule has 30 heavy (non-hydrogen) atoms. The smallest absolute Gasteiger partial charge is 0.406 e. The minimum Gasteiger partial charge on any atom is -0.406 e. The summed E-state index contributed by atoms with van der Waals surface area (Å²) < 4.78 is 73.1. The molecule has 0 bridgehead atoms. The Kier molecular flexibility index (Phi) is 8.07. The Bertz CT molecular complexity index is 947. The zero-order chi connectivity index (χ0) is 22.2. The van der Waals surface area contributed by atoms with Crippen LogP contribution < -0.4 is 14.8 Å². The third-order valence-corrected chi connectivity index (χ3v) is 5.12. The van der Waals surface area contributed by atoms with Crippen LogP contribution in [0.5, 0.6) is 5.75 Å². The number of halogens is 3. The molecule has 0 spiro atoms. The molecule has 0 atom stereocenters. The van der Waals surface area contributed by atoms with Crippen molar-refractivity contribution in [1.29, 1.82) is 0 Å². The van der Waals surface area contributed by atoms with Gasteiger partial charge in [0.05, 0.1) is 16.1 Å². The fourth-order valence-corrected chi connectivity index (χ4v) is 3.49. The number of ether oxygens (including phenoxy) is 2. The van der Waals surface area contributed by atoms with E-state index in [0.717, 1.165) is 24.3 Å².